The third kappa shape index (κ3) is 3.99. The van der Waals surface area contributed by atoms with Crippen molar-refractivity contribution < 1.29 is 4.74 Å². The largest absolute Gasteiger partial charge is 0.461 e. The summed E-state index contributed by atoms with van der Waals surface area (Å²) in [6, 6.07) is 0.280. The van der Waals surface area contributed by atoms with Crippen molar-refractivity contribution in [3.05, 3.63) is 0 Å². The number of ether oxygens (including phenoxy) is 1. The Balaban J connectivity index is 1.97. The summed E-state index contributed by atoms with van der Waals surface area (Å²) in [7, 11) is 0. The minimum Gasteiger partial charge on any atom is -0.461 e. The molecule has 0 bridgehead atoms. The second-order valence-electron chi connectivity index (χ2n) is 4.73. The number of nitrogens with zero attached hydrogens (tertiary/aromatic N) is 3. The fourth-order valence-corrected chi connectivity index (χ4v) is 1.56. The predicted molar refractivity (Wildman–Crippen MR) is 69.2 cm³/mol. The number of hydrogen-bond acceptors (Lipinski definition) is 7. The van der Waals surface area contributed by atoms with Gasteiger partial charge in [-0.15, -0.1) is 0 Å². The molecule has 4 N–H and O–H groups in total. The van der Waals surface area contributed by atoms with Crippen molar-refractivity contribution in [1.82, 2.24) is 15.0 Å². The number of aromatic nitrogens is 3. The lowest BCUT2D eigenvalue weighted by molar-refractivity contribution is 0.222. The Labute approximate surface area is 107 Å². The molecule has 1 aromatic heterocycles. The van der Waals surface area contributed by atoms with E-state index >= 15 is 0 Å². The lowest BCUT2D eigenvalue weighted by atomic mass is 10.3. The molecule has 1 aliphatic carbocycles. The van der Waals surface area contributed by atoms with E-state index in [4.69, 9.17) is 10.6 Å². The highest BCUT2D eigenvalue weighted by Crippen LogP contribution is 2.32. The maximum Gasteiger partial charge on any atom is 0.323 e. The van der Waals surface area contributed by atoms with Crippen LogP contribution in [0.2, 0.25) is 0 Å². The van der Waals surface area contributed by atoms with Crippen molar-refractivity contribution in [2.75, 3.05) is 17.3 Å². The monoisotopic (exact) mass is 252 g/mol. The van der Waals surface area contributed by atoms with Gasteiger partial charge >= 0.3 is 6.01 Å². The van der Waals surface area contributed by atoms with Crippen LogP contribution in [0.15, 0.2) is 0 Å². The first kappa shape index (κ1) is 12.8. The molecule has 0 unspecified atom stereocenters. The van der Waals surface area contributed by atoms with Crippen molar-refractivity contribution in [3.8, 4) is 6.01 Å². The molecular formula is C11H20N6O. The average molecular weight is 252 g/mol. The fraction of sp³-hybridized carbons (Fsp3) is 0.727. The summed E-state index contributed by atoms with van der Waals surface area (Å²) in [6.07, 6.45) is 3.85. The van der Waals surface area contributed by atoms with Crippen molar-refractivity contribution in [2.24, 2.45) is 11.8 Å². The predicted octanol–water partition coefficient (Wildman–Crippen LogP) is 1.16. The zero-order valence-corrected chi connectivity index (χ0v) is 10.8. The Morgan fingerprint density at radius 2 is 2.00 bits per heavy atom. The second-order valence-corrected chi connectivity index (χ2v) is 4.73. The van der Waals surface area contributed by atoms with Gasteiger partial charge in [0.05, 0.1) is 6.10 Å². The number of rotatable bonds is 7. The summed E-state index contributed by atoms with van der Waals surface area (Å²) in [6.45, 7) is 4.69. The minimum atomic E-state index is 0.0114. The van der Waals surface area contributed by atoms with E-state index in [0.717, 1.165) is 18.9 Å². The maximum atomic E-state index is 5.44. The number of hydrogen-bond donors (Lipinski definition) is 3. The van der Waals surface area contributed by atoms with Crippen LogP contribution >= 0.6 is 0 Å². The Morgan fingerprint density at radius 3 is 2.61 bits per heavy atom. The first-order valence-corrected chi connectivity index (χ1v) is 6.30. The Morgan fingerprint density at radius 1 is 1.28 bits per heavy atom. The molecule has 7 heteroatoms. The molecule has 1 saturated carbocycles. The van der Waals surface area contributed by atoms with E-state index in [2.05, 4.69) is 25.7 Å². The van der Waals surface area contributed by atoms with Crippen molar-refractivity contribution >= 4 is 11.9 Å². The molecule has 1 aromatic rings. The highest BCUT2D eigenvalue weighted by Gasteiger charge is 2.20. The highest BCUT2D eigenvalue weighted by molar-refractivity contribution is 5.34. The first-order chi connectivity index (χ1) is 8.67. The number of anilines is 2. The molecule has 18 heavy (non-hydrogen) atoms. The Bertz CT molecular complexity index is 393. The van der Waals surface area contributed by atoms with Gasteiger partial charge in [0.2, 0.25) is 11.9 Å². The van der Waals surface area contributed by atoms with Gasteiger partial charge in [0.15, 0.2) is 0 Å². The number of nitrogens with one attached hydrogen (secondary N) is 2. The van der Waals surface area contributed by atoms with Gasteiger partial charge in [-0.2, -0.15) is 15.0 Å². The highest BCUT2D eigenvalue weighted by atomic mass is 16.5. The van der Waals surface area contributed by atoms with E-state index < -0.39 is 0 Å². The van der Waals surface area contributed by atoms with E-state index in [1.807, 2.05) is 13.8 Å². The van der Waals surface area contributed by atoms with Crippen LogP contribution in [0.1, 0.15) is 33.1 Å². The molecule has 0 aromatic carbocycles. The topological polar surface area (TPSA) is 98.0 Å². The molecule has 100 valence electrons. The normalized spacial score (nSPS) is 14.7. The Hall–Kier alpha value is -1.63. The molecule has 1 aliphatic rings. The quantitative estimate of drug-likeness (QED) is 0.494. The lowest BCUT2D eigenvalue weighted by Gasteiger charge is -2.10. The van der Waals surface area contributed by atoms with Gasteiger partial charge in [0, 0.05) is 6.54 Å². The van der Waals surface area contributed by atoms with E-state index in [1.165, 1.54) is 12.8 Å². The van der Waals surface area contributed by atoms with Gasteiger partial charge in [-0.1, -0.05) is 12.8 Å². The van der Waals surface area contributed by atoms with Crippen LogP contribution in [-0.2, 0) is 0 Å². The van der Waals surface area contributed by atoms with Crippen molar-refractivity contribution in [1.29, 1.82) is 0 Å². The SMILES string of the molecule is CC(C)Oc1nc(NN)nc(NCCC2CC2)n1. The van der Waals surface area contributed by atoms with E-state index in [-0.39, 0.29) is 12.1 Å². The van der Waals surface area contributed by atoms with Gasteiger partial charge in [0.1, 0.15) is 0 Å². The van der Waals surface area contributed by atoms with Crippen LogP contribution < -0.4 is 21.3 Å². The van der Waals surface area contributed by atoms with Crippen molar-refractivity contribution in [2.45, 2.75) is 39.2 Å². The van der Waals surface area contributed by atoms with Crippen molar-refractivity contribution in [3.63, 3.8) is 0 Å². The minimum absolute atomic E-state index is 0.0114. The molecule has 1 heterocycles. The molecule has 0 radical (unpaired) electrons. The summed E-state index contributed by atoms with van der Waals surface area (Å²) in [5, 5.41) is 3.17. The van der Waals surface area contributed by atoms with E-state index in [1.54, 1.807) is 0 Å². The number of nitrogens with two attached hydrogens (primary N) is 1. The number of nitrogen functional groups attached to an aromatic ring is 1. The third-order valence-corrected chi connectivity index (χ3v) is 2.62. The van der Waals surface area contributed by atoms with Gasteiger partial charge in [0.25, 0.3) is 0 Å². The molecular weight excluding hydrogens is 232 g/mol. The van der Waals surface area contributed by atoms with Crippen LogP contribution in [0.25, 0.3) is 0 Å². The molecule has 0 amide bonds. The number of hydrazine groups is 1. The molecule has 0 saturated heterocycles. The second kappa shape index (κ2) is 5.81. The lowest BCUT2D eigenvalue weighted by Crippen LogP contribution is -2.16. The summed E-state index contributed by atoms with van der Waals surface area (Å²) in [5.41, 5.74) is 2.41. The summed E-state index contributed by atoms with van der Waals surface area (Å²) in [5.74, 6) is 6.99. The summed E-state index contributed by atoms with van der Waals surface area (Å²) >= 11 is 0. The van der Waals surface area contributed by atoms with Gasteiger partial charge < -0.3 is 10.1 Å². The van der Waals surface area contributed by atoms with Gasteiger partial charge in [-0.25, -0.2) is 5.84 Å². The standard InChI is InChI=1S/C11H20N6O/c1-7(2)18-11-15-9(14-10(16-11)17-12)13-6-5-8-3-4-8/h7-8H,3-6,12H2,1-2H3,(H2,13,14,15,16,17). The fourth-order valence-electron chi connectivity index (χ4n) is 1.56. The zero-order chi connectivity index (χ0) is 13.0. The molecule has 0 aliphatic heterocycles. The summed E-state index contributed by atoms with van der Waals surface area (Å²) < 4.78 is 5.44. The molecule has 1 fully saturated rings. The van der Waals surface area contributed by atoms with Gasteiger partial charge in [-0.05, 0) is 26.2 Å². The maximum absolute atomic E-state index is 5.44. The first-order valence-electron chi connectivity index (χ1n) is 6.30. The van der Waals surface area contributed by atoms with Gasteiger partial charge in [-0.3, -0.25) is 5.43 Å². The molecule has 7 nitrogen and oxygen atoms in total. The molecule has 0 atom stereocenters. The van der Waals surface area contributed by atoms with Crippen LogP contribution in [-0.4, -0.2) is 27.6 Å². The third-order valence-electron chi connectivity index (χ3n) is 2.62. The Kier molecular flexibility index (Phi) is 4.14. The van der Waals surface area contributed by atoms with Crippen LogP contribution in [0.5, 0.6) is 6.01 Å². The zero-order valence-electron chi connectivity index (χ0n) is 10.8. The van der Waals surface area contributed by atoms with E-state index in [9.17, 15) is 0 Å². The average Bonchev–Trinajstić information content (AvgIpc) is 3.12. The smallest absolute Gasteiger partial charge is 0.323 e. The summed E-state index contributed by atoms with van der Waals surface area (Å²) in [4.78, 5) is 12.3. The van der Waals surface area contributed by atoms with Crippen LogP contribution in [0.4, 0.5) is 11.9 Å². The molecule has 0 spiro atoms. The van der Waals surface area contributed by atoms with Crippen LogP contribution in [0.3, 0.4) is 0 Å². The van der Waals surface area contributed by atoms with E-state index in [0.29, 0.717) is 11.9 Å². The molecule has 2 rings (SSSR count). The van der Waals surface area contributed by atoms with Crippen LogP contribution in [0, 0.1) is 5.92 Å².